The molecule has 0 aliphatic carbocycles. The topological polar surface area (TPSA) is 27.1 Å². The third kappa shape index (κ3) is 1.96. The maximum Gasteiger partial charge on any atom is 0.121 e. The molecule has 0 N–H and O–H groups in total. The Balaban J connectivity index is 2.33. The molecule has 1 atom stereocenters. The number of hydrogen-bond donors (Lipinski definition) is 0. The van der Waals surface area contributed by atoms with E-state index in [1.807, 2.05) is 36.1 Å². The lowest BCUT2D eigenvalue weighted by Gasteiger charge is -2.12. The second kappa shape index (κ2) is 3.93. The van der Waals surface area contributed by atoms with Gasteiger partial charge in [-0.3, -0.25) is 0 Å². The van der Waals surface area contributed by atoms with Gasteiger partial charge >= 0.3 is 0 Å². The molecular formula is C12H16N2O. The van der Waals surface area contributed by atoms with Crippen molar-refractivity contribution in [1.82, 2.24) is 9.55 Å². The predicted octanol–water partition coefficient (Wildman–Crippen LogP) is 2.75. The molecule has 1 aromatic heterocycles. The third-order valence-corrected chi connectivity index (χ3v) is 2.61. The highest BCUT2D eigenvalue weighted by Crippen LogP contribution is 2.20. The first kappa shape index (κ1) is 10.0. The van der Waals surface area contributed by atoms with E-state index < -0.39 is 0 Å². The van der Waals surface area contributed by atoms with Gasteiger partial charge in [0.2, 0.25) is 0 Å². The summed E-state index contributed by atoms with van der Waals surface area (Å²) in [6.45, 7) is 4.20. The van der Waals surface area contributed by atoms with Gasteiger partial charge in [0.25, 0.3) is 0 Å². The molecule has 0 amide bonds. The van der Waals surface area contributed by atoms with E-state index in [4.69, 9.17) is 4.74 Å². The van der Waals surface area contributed by atoms with Crippen molar-refractivity contribution in [2.75, 3.05) is 0 Å². The molecule has 2 rings (SSSR count). The molecule has 0 fully saturated rings. The van der Waals surface area contributed by atoms with Gasteiger partial charge < -0.3 is 9.30 Å². The number of aryl methyl sites for hydroxylation is 1. The van der Waals surface area contributed by atoms with Crippen LogP contribution in [0.3, 0.4) is 0 Å². The van der Waals surface area contributed by atoms with Crippen molar-refractivity contribution in [3.63, 3.8) is 0 Å². The molecule has 1 aromatic carbocycles. The summed E-state index contributed by atoms with van der Waals surface area (Å²) in [4.78, 5) is 4.27. The van der Waals surface area contributed by atoms with Gasteiger partial charge in [-0.05, 0) is 25.5 Å². The minimum absolute atomic E-state index is 0.260. The SMILES string of the molecule is CCC(C)Oc1ccc2ncn(C)c2c1. The molecule has 0 radical (unpaired) electrons. The molecule has 3 heteroatoms. The van der Waals surface area contributed by atoms with E-state index in [-0.39, 0.29) is 6.10 Å². The van der Waals surface area contributed by atoms with E-state index in [2.05, 4.69) is 18.8 Å². The fourth-order valence-corrected chi connectivity index (χ4v) is 1.49. The largest absolute Gasteiger partial charge is 0.491 e. The number of aromatic nitrogens is 2. The Morgan fingerprint density at radius 2 is 2.27 bits per heavy atom. The third-order valence-electron chi connectivity index (χ3n) is 2.61. The lowest BCUT2D eigenvalue weighted by molar-refractivity contribution is 0.217. The molecule has 0 saturated heterocycles. The normalized spacial score (nSPS) is 13.0. The van der Waals surface area contributed by atoms with E-state index in [9.17, 15) is 0 Å². The van der Waals surface area contributed by atoms with Gasteiger partial charge in [-0.2, -0.15) is 0 Å². The van der Waals surface area contributed by atoms with Crippen molar-refractivity contribution in [1.29, 1.82) is 0 Å². The van der Waals surface area contributed by atoms with Crippen molar-refractivity contribution in [3.8, 4) is 5.75 Å². The van der Waals surface area contributed by atoms with Crippen molar-refractivity contribution in [3.05, 3.63) is 24.5 Å². The van der Waals surface area contributed by atoms with Crippen molar-refractivity contribution >= 4 is 11.0 Å². The summed E-state index contributed by atoms with van der Waals surface area (Å²) in [5.41, 5.74) is 2.12. The van der Waals surface area contributed by atoms with Crippen molar-refractivity contribution in [2.45, 2.75) is 26.4 Å². The Morgan fingerprint density at radius 3 is 3.00 bits per heavy atom. The van der Waals surface area contributed by atoms with Gasteiger partial charge in [-0.25, -0.2) is 4.98 Å². The fourth-order valence-electron chi connectivity index (χ4n) is 1.49. The molecule has 3 nitrogen and oxygen atoms in total. The van der Waals surface area contributed by atoms with Crippen LogP contribution in [0.4, 0.5) is 0 Å². The van der Waals surface area contributed by atoms with Crippen LogP contribution in [0.25, 0.3) is 11.0 Å². The number of rotatable bonds is 3. The summed E-state index contributed by atoms with van der Waals surface area (Å²) in [5.74, 6) is 0.917. The zero-order valence-electron chi connectivity index (χ0n) is 9.40. The molecule has 15 heavy (non-hydrogen) atoms. The monoisotopic (exact) mass is 204 g/mol. The van der Waals surface area contributed by atoms with Crippen LogP contribution in [-0.4, -0.2) is 15.7 Å². The molecule has 1 heterocycles. The van der Waals surface area contributed by atoms with Crippen LogP contribution in [-0.2, 0) is 7.05 Å². The van der Waals surface area contributed by atoms with E-state index >= 15 is 0 Å². The van der Waals surface area contributed by atoms with Gasteiger partial charge in [0, 0.05) is 13.1 Å². The highest BCUT2D eigenvalue weighted by atomic mass is 16.5. The molecule has 0 aliphatic heterocycles. The van der Waals surface area contributed by atoms with E-state index in [1.165, 1.54) is 0 Å². The lowest BCUT2D eigenvalue weighted by atomic mass is 10.2. The quantitative estimate of drug-likeness (QED) is 0.768. The second-order valence-electron chi connectivity index (χ2n) is 3.84. The van der Waals surface area contributed by atoms with Crippen molar-refractivity contribution in [2.24, 2.45) is 7.05 Å². The fraction of sp³-hybridized carbons (Fsp3) is 0.417. The first-order valence-electron chi connectivity index (χ1n) is 5.28. The standard InChI is InChI=1S/C12H16N2O/c1-4-9(2)15-10-5-6-11-12(7-10)14(3)8-13-11/h5-9H,4H2,1-3H3. The van der Waals surface area contributed by atoms with Crippen LogP contribution in [0.5, 0.6) is 5.75 Å². The number of fused-ring (bicyclic) bond motifs is 1. The van der Waals surface area contributed by atoms with Crippen LogP contribution in [0.15, 0.2) is 24.5 Å². The van der Waals surface area contributed by atoms with Gasteiger partial charge in [0.05, 0.1) is 23.5 Å². The lowest BCUT2D eigenvalue weighted by Crippen LogP contribution is -2.09. The maximum absolute atomic E-state index is 5.75. The van der Waals surface area contributed by atoms with Gasteiger partial charge in [0.1, 0.15) is 5.75 Å². The molecule has 0 spiro atoms. The smallest absolute Gasteiger partial charge is 0.121 e. The Labute approximate surface area is 89.7 Å². The Bertz CT molecular complexity index is 462. The van der Waals surface area contributed by atoms with Crippen LogP contribution < -0.4 is 4.74 Å². The molecule has 2 aromatic rings. The first-order chi connectivity index (χ1) is 7.20. The number of nitrogens with zero attached hydrogens (tertiary/aromatic N) is 2. The summed E-state index contributed by atoms with van der Waals surface area (Å²) in [6.07, 6.45) is 3.09. The second-order valence-corrected chi connectivity index (χ2v) is 3.84. The number of benzene rings is 1. The maximum atomic E-state index is 5.75. The van der Waals surface area contributed by atoms with Gasteiger partial charge in [-0.1, -0.05) is 6.92 Å². The molecule has 80 valence electrons. The van der Waals surface area contributed by atoms with Gasteiger partial charge in [0.15, 0.2) is 0 Å². The minimum atomic E-state index is 0.260. The number of imidazole rings is 1. The summed E-state index contributed by atoms with van der Waals surface area (Å²) in [5, 5.41) is 0. The number of hydrogen-bond acceptors (Lipinski definition) is 2. The average molecular weight is 204 g/mol. The van der Waals surface area contributed by atoms with E-state index in [0.29, 0.717) is 0 Å². The highest BCUT2D eigenvalue weighted by Gasteiger charge is 2.04. The van der Waals surface area contributed by atoms with Crippen LogP contribution in [0.2, 0.25) is 0 Å². The predicted molar refractivity (Wildman–Crippen MR) is 61.1 cm³/mol. The molecular weight excluding hydrogens is 188 g/mol. The summed E-state index contributed by atoms with van der Waals surface area (Å²) in [7, 11) is 1.99. The summed E-state index contributed by atoms with van der Waals surface area (Å²) >= 11 is 0. The molecule has 0 saturated carbocycles. The van der Waals surface area contributed by atoms with Crippen LogP contribution >= 0.6 is 0 Å². The highest BCUT2D eigenvalue weighted by molar-refractivity contribution is 5.76. The first-order valence-corrected chi connectivity index (χ1v) is 5.28. The van der Waals surface area contributed by atoms with Crippen LogP contribution in [0.1, 0.15) is 20.3 Å². The van der Waals surface area contributed by atoms with Crippen LogP contribution in [0, 0.1) is 0 Å². The van der Waals surface area contributed by atoms with Gasteiger partial charge in [-0.15, -0.1) is 0 Å². The van der Waals surface area contributed by atoms with E-state index in [0.717, 1.165) is 23.2 Å². The zero-order valence-corrected chi connectivity index (χ0v) is 9.40. The molecule has 0 bridgehead atoms. The zero-order chi connectivity index (χ0) is 10.8. The molecule has 1 unspecified atom stereocenters. The summed E-state index contributed by atoms with van der Waals surface area (Å²) in [6, 6.07) is 6.00. The summed E-state index contributed by atoms with van der Waals surface area (Å²) < 4.78 is 7.75. The average Bonchev–Trinajstić information content (AvgIpc) is 2.60. The van der Waals surface area contributed by atoms with Crippen molar-refractivity contribution < 1.29 is 4.74 Å². The Morgan fingerprint density at radius 1 is 1.47 bits per heavy atom. The molecule has 0 aliphatic rings. The Kier molecular flexibility index (Phi) is 2.62. The number of ether oxygens (including phenoxy) is 1. The van der Waals surface area contributed by atoms with E-state index in [1.54, 1.807) is 0 Å². The Hall–Kier alpha value is -1.51. The minimum Gasteiger partial charge on any atom is -0.491 e.